The number of hydrogen-bond donors (Lipinski definition) is 0. The Morgan fingerprint density at radius 2 is 1.88 bits per heavy atom. The number of rotatable bonds is 7. The first-order valence-electron chi connectivity index (χ1n) is 11.3. The Hall–Kier alpha value is -2.77. The molecular weight excluding hydrogens is 414 g/mol. The number of ether oxygens (including phenoxy) is 1. The Balaban J connectivity index is 1.33. The van der Waals surface area contributed by atoms with Gasteiger partial charge in [-0.05, 0) is 36.6 Å². The minimum absolute atomic E-state index is 0.0441. The topological polar surface area (TPSA) is 58.6 Å². The van der Waals surface area contributed by atoms with E-state index in [1.165, 1.54) is 0 Å². The number of halogens is 2. The van der Waals surface area contributed by atoms with Crippen molar-refractivity contribution in [3.8, 4) is 5.75 Å². The van der Waals surface area contributed by atoms with Gasteiger partial charge < -0.3 is 19.3 Å². The van der Waals surface area contributed by atoms with Crippen LogP contribution < -0.4 is 14.5 Å². The van der Waals surface area contributed by atoms with Gasteiger partial charge in [0, 0.05) is 51.5 Å². The highest BCUT2D eigenvalue weighted by Gasteiger charge is 2.35. The average Bonchev–Trinajstić information content (AvgIpc) is 3.22. The minimum atomic E-state index is -2.59. The Bertz CT molecular complexity index is 928. The molecule has 2 aliphatic heterocycles. The Morgan fingerprint density at radius 1 is 1.16 bits per heavy atom. The number of ketones is 1. The largest absolute Gasteiger partial charge is 0.489 e. The quantitative estimate of drug-likeness (QED) is 0.629. The number of alkyl halides is 2. The zero-order chi connectivity index (χ0) is 22.7. The number of nitrogens with zero attached hydrogens (tertiary/aromatic N) is 4. The number of hydrogen-bond acceptors (Lipinski definition) is 6. The minimum Gasteiger partial charge on any atom is -0.489 e. The summed E-state index contributed by atoms with van der Waals surface area (Å²) in [4.78, 5) is 24.3. The van der Waals surface area contributed by atoms with Crippen molar-refractivity contribution in [3.63, 3.8) is 0 Å². The molecule has 32 heavy (non-hydrogen) atoms. The third-order valence-corrected chi connectivity index (χ3v) is 6.22. The van der Waals surface area contributed by atoms with Gasteiger partial charge in [-0.25, -0.2) is 13.8 Å². The summed E-state index contributed by atoms with van der Waals surface area (Å²) in [5.74, 6) is -0.0774. The lowest BCUT2D eigenvalue weighted by Crippen LogP contribution is -2.40. The van der Waals surface area contributed by atoms with E-state index in [1.807, 2.05) is 35.2 Å². The molecule has 0 radical (unpaired) electrons. The molecule has 0 bridgehead atoms. The smallest absolute Gasteiger partial charge is 0.251 e. The summed E-state index contributed by atoms with van der Waals surface area (Å²) in [6.07, 6.45) is 2.83. The molecule has 0 amide bonds. The first-order valence-corrected chi connectivity index (χ1v) is 11.3. The molecule has 172 valence electrons. The summed E-state index contributed by atoms with van der Waals surface area (Å²) in [5.41, 5.74) is 1.13. The second-order valence-electron chi connectivity index (χ2n) is 8.91. The summed E-state index contributed by atoms with van der Waals surface area (Å²) in [6, 6.07) is 9.83. The van der Waals surface area contributed by atoms with Gasteiger partial charge in [0.15, 0.2) is 0 Å². The van der Waals surface area contributed by atoms with Gasteiger partial charge in [-0.15, -0.1) is 0 Å². The van der Waals surface area contributed by atoms with Gasteiger partial charge in [0.2, 0.25) is 5.95 Å². The number of benzene rings is 1. The summed E-state index contributed by atoms with van der Waals surface area (Å²) in [6.45, 7) is 5.72. The number of Topliss-reactive ketones (excluding diaryl/α,β-unsaturated/α-hetero) is 1. The van der Waals surface area contributed by atoms with Crippen LogP contribution in [0.25, 0.3) is 0 Å². The van der Waals surface area contributed by atoms with Crippen LogP contribution in [0.4, 0.5) is 20.5 Å². The lowest BCUT2D eigenvalue weighted by molar-refractivity contribution is -0.117. The molecule has 8 heteroatoms. The molecule has 2 aliphatic rings. The molecule has 4 rings (SSSR count). The normalized spacial score (nSPS) is 21.4. The number of carbonyl (C=O) groups is 1. The van der Waals surface area contributed by atoms with Crippen LogP contribution in [0.2, 0.25) is 0 Å². The highest BCUT2D eigenvalue weighted by Crippen LogP contribution is 2.30. The van der Waals surface area contributed by atoms with E-state index in [2.05, 4.69) is 21.8 Å². The third kappa shape index (κ3) is 5.53. The van der Waals surface area contributed by atoms with E-state index in [0.717, 1.165) is 30.1 Å². The Morgan fingerprint density at radius 3 is 2.56 bits per heavy atom. The number of aromatic nitrogens is 2. The molecule has 2 aromatic rings. The molecule has 0 aliphatic carbocycles. The molecule has 0 saturated carbocycles. The van der Waals surface area contributed by atoms with Crippen LogP contribution in [0.1, 0.15) is 51.0 Å². The summed E-state index contributed by atoms with van der Waals surface area (Å²) >= 11 is 0. The van der Waals surface area contributed by atoms with Crippen molar-refractivity contribution in [3.05, 3.63) is 42.1 Å². The monoisotopic (exact) mass is 444 g/mol. The predicted octanol–water partition coefficient (Wildman–Crippen LogP) is 4.45. The molecule has 3 heterocycles. The Kier molecular flexibility index (Phi) is 6.58. The van der Waals surface area contributed by atoms with E-state index in [0.29, 0.717) is 18.9 Å². The maximum atomic E-state index is 13.4. The number of anilines is 2. The molecule has 6 nitrogen and oxygen atoms in total. The first kappa shape index (κ1) is 22.4. The van der Waals surface area contributed by atoms with Crippen LogP contribution in [-0.4, -0.2) is 54.0 Å². The van der Waals surface area contributed by atoms with Gasteiger partial charge in [-0.1, -0.05) is 19.1 Å². The van der Waals surface area contributed by atoms with Crippen LogP contribution in [0.3, 0.4) is 0 Å². The van der Waals surface area contributed by atoms with Crippen LogP contribution in [0.15, 0.2) is 36.5 Å². The van der Waals surface area contributed by atoms with Crippen LogP contribution in [0, 0.1) is 0 Å². The van der Waals surface area contributed by atoms with Gasteiger partial charge >= 0.3 is 0 Å². The van der Waals surface area contributed by atoms with Crippen molar-refractivity contribution < 1.29 is 18.3 Å². The number of piperidine rings is 1. The molecule has 0 spiro atoms. The van der Waals surface area contributed by atoms with Crippen molar-refractivity contribution in [2.45, 2.75) is 57.5 Å². The standard InChI is InChI=1S/C24H30F2N4O2/c1-17(15-18(2)31)19-3-5-20(6-4-19)32-21-8-12-30(16-21)22-7-11-27-23(28-22)29-13-9-24(25,26)10-14-29/h3-7,11,17,21H,8-10,12-16H2,1-2H3/t17-,21-/m1/s1. The predicted molar refractivity (Wildman–Crippen MR) is 120 cm³/mol. The van der Waals surface area contributed by atoms with Gasteiger partial charge in [0.1, 0.15) is 23.5 Å². The van der Waals surface area contributed by atoms with Crippen LogP contribution in [0.5, 0.6) is 5.75 Å². The van der Waals surface area contributed by atoms with Crippen molar-refractivity contribution in [2.75, 3.05) is 36.0 Å². The van der Waals surface area contributed by atoms with Gasteiger partial charge in [0.25, 0.3) is 5.92 Å². The van der Waals surface area contributed by atoms with Gasteiger partial charge in [-0.2, -0.15) is 4.98 Å². The molecular formula is C24H30F2N4O2. The second-order valence-corrected chi connectivity index (χ2v) is 8.91. The zero-order valence-electron chi connectivity index (χ0n) is 18.6. The van der Waals surface area contributed by atoms with Gasteiger partial charge in [0.05, 0.1) is 6.54 Å². The molecule has 2 saturated heterocycles. The van der Waals surface area contributed by atoms with Crippen LogP contribution >= 0.6 is 0 Å². The van der Waals surface area contributed by atoms with Crippen molar-refractivity contribution in [2.24, 2.45) is 0 Å². The van der Waals surface area contributed by atoms with E-state index >= 15 is 0 Å². The molecule has 0 N–H and O–H groups in total. The van der Waals surface area contributed by atoms with E-state index in [4.69, 9.17) is 4.74 Å². The summed E-state index contributed by atoms with van der Waals surface area (Å²) < 4.78 is 33.1. The van der Waals surface area contributed by atoms with E-state index < -0.39 is 5.92 Å². The fraction of sp³-hybridized carbons (Fsp3) is 0.542. The molecule has 2 fully saturated rings. The summed E-state index contributed by atoms with van der Waals surface area (Å²) in [5, 5.41) is 0. The summed E-state index contributed by atoms with van der Waals surface area (Å²) in [7, 11) is 0. The third-order valence-electron chi connectivity index (χ3n) is 6.22. The maximum Gasteiger partial charge on any atom is 0.251 e. The lowest BCUT2D eigenvalue weighted by Gasteiger charge is -2.32. The molecule has 2 atom stereocenters. The molecule has 1 aromatic heterocycles. The molecule has 1 aromatic carbocycles. The Labute approximate surface area is 187 Å². The molecule has 0 unspecified atom stereocenters. The van der Waals surface area contributed by atoms with Crippen LogP contribution in [-0.2, 0) is 4.79 Å². The van der Waals surface area contributed by atoms with E-state index in [-0.39, 0.29) is 43.7 Å². The van der Waals surface area contributed by atoms with Crippen molar-refractivity contribution in [1.82, 2.24) is 9.97 Å². The van der Waals surface area contributed by atoms with E-state index in [9.17, 15) is 13.6 Å². The highest BCUT2D eigenvalue weighted by atomic mass is 19.3. The fourth-order valence-corrected chi connectivity index (χ4v) is 4.35. The number of carbonyl (C=O) groups excluding carboxylic acids is 1. The lowest BCUT2D eigenvalue weighted by atomic mass is 9.96. The first-order chi connectivity index (χ1) is 15.3. The van der Waals surface area contributed by atoms with E-state index in [1.54, 1.807) is 13.1 Å². The van der Waals surface area contributed by atoms with Gasteiger partial charge in [-0.3, -0.25) is 0 Å². The SMILES string of the molecule is CC(=O)C[C@@H](C)c1ccc(O[C@@H]2CCN(c3ccnc(N4CCC(F)(F)CC4)n3)C2)cc1. The maximum absolute atomic E-state index is 13.4. The fourth-order valence-electron chi connectivity index (χ4n) is 4.35. The second kappa shape index (κ2) is 9.38. The van der Waals surface area contributed by atoms with Crippen molar-refractivity contribution in [1.29, 1.82) is 0 Å². The average molecular weight is 445 g/mol. The van der Waals surface area contributed by atoms with Crippen molar-refractivity contribution >= 4 is 17.5 Å². The highest BCUT2D eigenvalue weighted by molar-refractivity contribution is 5.76. The zero-order valence-corrected chi connectivity index (χ0v) is 18.6.